The molecule has 0 bridgehead atoms. The fraction of sp³-hybridized carbons (Fsp3) is 0.417. The summed E-state index contributed by atoms with van der Waals surface area (Å²) in [6.07, 6.45) is 0. The van der Waals surface area contributed by atoms with E-state index in [9.17, 15) is 13.4 Å². The molecule has 0 aliphatic carbocycles. The van der Waals surface area contributed by atoms with Crippen molar-refractivity contribution in [3.63, 3.8) is 0 Å². The quantitative estimate of drug-likeness (QED) is 0.705. The molecule has 0 N–H and O–H groups in total. The molecule has 0 radical (unpaired) electrons. The molecule has 0 spiro atoms. The summed E-state index contributed by atoms with van der Waals surface area (Å²) in [5.74, 6) is -0.722. The summed E-state index contributed by atoms with van der Waals surface area (Å²) in [5, 5.41) is 0. The molecule has 0 aromatic heterocycles. The van der Waals surface area contributed by atoms with Gasteiger partial charge in [-0.1, -0.05) is 0 Å². The second-order valence-corrected chi connectivity index (χ2v) is 5.13. The largest absolute Gasteiger partial charge is 0.494 e. The van der Waals surface area contributed by atoms with E-state index in [4.69, 9.17) is 9.47 Å². The summed E-state index contributed by atoms with van der Waals surface area (Å²) < 4.78 is 34.4. The van der Waals surface area contributed by atoms with Gasteiger partial charge in [-0.2, -0.15) is 0 Å². The molecule has 0 aliphatic heterocycles. The standard InChI is InChI=1S/C12H15FO4S/c1-16-5-6-18(15)8-11(14)9-3-4-12(17-2)10(13)7-9/h3-4,7H,5-6,8H2,1-2H3. The van der Waals surface area contributed by atoms with Crippen LogP contribution in [0, 0.1) is 5.82 Å². The van der Waals surface area contributed by atoms with E-state index in [1.807, 2.05) is 0 Å². The van der Waals surface area contributed by atoms with E-state index in [0.29, 0.717) is 12.4 Å². The van der Waals surface area contributed by atoms with Gasteiger partial charge >= 0.3 is 0 Å². The number of hydrogen-bond donors (Lipinski definition) is 0. The average Bonchev–Trinajstić information content (AvgIpc) is 2.36. The zero-order valence-electron chi connectivity index (χ0n) is 10.3. The lowest BCUT2D eigenvalue weighted by molar-refractivity contribution is 0.102. The summed E-state index contributed by atoms with van der Waals surface area (Å²) in [6, 6.07) is 3.92. The Morgan fingerprint density at radius 1 is 1.39 bits per heavy atom. The Balaban J connectivity index is 2.67. The van der Waals surface area contributed by atoms with Crippen LogP contribution in [0.4, 0.5) is 4.39 Å². The van der Waals surface area contributed by atoms with Gasteiger partial charge in [-0.3, -0.25) is 9.00 Å². The molecule has 6 heteroatoms. The third-order valence-corrected chi connectivity index (χ3v) is 3.49. The van der Waals surface area contributed by atoms with E-state index in [1.54, 1.807) is 0 Å². The Bertz CT molecular complexity index is 448. The lowest BCUT2D eigenvalue weighted by atomic mass is 10.1. The molecule has 0 aliphatic rings. The lowest BCUT2D eigenvalue weighted by Gasteiger charge is -2.05. The van der Waals surface area contributed by atoms with Crippen LogP contribution in [0.5, 0.6) is 5.75 Å². The minimum absolute atomic E-state index is 0.0760. The maximum absolute atomic E-state index is 13.4. The van der Waals surface area contributed by atoms with Crippen molar-refractivity contribution in [2.45, 2.75) is 0 Å². The first-order chi connectivity index (χ1) is 8.58. The van der Waals surface area contributed by atoms with Crippen molar-refractivity contribution in [2.75, 3.05) is 32.3 Å². The summed E-state index contributed by atoms with van der Waals surface area (Å²) in [6.45, 7) is 0.330. The van der Waals surface area contributed by atoms with Crippen LogP contribution in [0.15, 0.2) is 18.2 Å². The highest BCUT2D eigenvalue weighted by atomic mass is 32.2. The van der Waals surface area contributed by atoms with Crippen molar-refractivity contribution in [1.29, 1.82) is 0 Å². The number of halogens is 1. The van der Waals surface area contributed by atoms with Crippen LogP contribution >= 0.6 is 0 Å². The first kappa shape index (κ1) is 14.8. The molecule has 0 heterocycles. The SMILES string of the molecule is COCCS(=O)CC(=O)c1ccc(OC)c(F)c1. The van der Waals surface area contributed by atoms with E-state index in [-0.39, 0.29) is 22.8 Å². The number of ketones is 1. The van der Waals surface area contributed by atoms with Crippen LogP contribution in [-0.2, 0) is 15.5 Å². The van der Waals surface area contributed by atoms with Gasteiger partial charge in [-0.05, 0) is 18.2 Å². The first-order valence-corrected chi connectivity index (χ1v) is 6.78. The van der Waals surface area contributed by atoms with Crippen molar-refractivity contribution in [3.8, 4) is 5.75 Å². The fourth-order valence-corrected chi connectivity index (χ4v) is 2.27. The number of carbonyl (C=O) groups is 1. The number of Topliss-reactive ketones (excluding diaryl/α,β-unsaturated/α-hetero) is 1. The highest BCUT2D eigenvalue weighted by Crippen LogP contribution is 2.18. The maximum Gasteiger partial charge on any atom is 0.175 e. The number of carbonyl (C=O) groups excluding carboxylic acids is 1. The van der Waals surface area contributed by atoms with Crippen LogP contribution in [-0.4, -0.2) is 42.3 Å². The van der Waals surface area contributed by atoms with Crippen LogP contribution in [0.1, 0.15) is 10.4 Å². The maximum atomic E-state index is 13.4. The summed E-state index contributed by atoms with van der Waals surface area (Å²) in [7, 11) is 1.55. The van der Waals surface area contributed by atoms with Crippen LogP contribution in [0.2, 0.25) is 0 Å². The smallest absolute Gasteiger partial charge is 0.175 e. The molecule has 0 saturated heterocycles. The zero-order valence-corrected chi connectivity index (χ0v) is 11.1. The van der Waals surface area contributed by atoms with Gasteiger partial charge in [0, 0.05) is 29.2 Å². The molecule has 18 heavy (non-hydrogen) atoms. The van der Waals surface area contributed by atoms with E-state index in [2.05, 4.69) is 0 Å². The van der Waals surface area contributed by atoms with Crippen molar-refractivity contribution >= 4 is 16.6 Å². The Morgan fingerprint density at radius 2 is 2.11 bits per heavy atom. The predicted molar refractivity (Wildman–Crippen MR) is 67.0 cm³/mol. The fourth-order valence-electron chi connectivity index (χ4n) is 1.32. The molecular weight excluding hydrogens is 259 g/mol. The van der Waals surface area contributed by atoms with Gasteiger partial charge in [0.2, 0.25) is 0 Å². The Hall–Kier alpha value is -1.27. The first-order valence-electron chi connectivity index (χ1n) is 5.29. The van der Waals surface area contributed by atoms with Gasteiger partial charge in [-0.15, -0.1) is 0 Å². The monoisotopic (exact) mass is 274 g/mol. The average molecular weight is 274 g/mol. The van der Waals surface area contributed by atoms with Gasteiger partial charge in [0.25, 0.3) is 0 Å². The molecule has 4 nitrogen and oxygen atoms in total. The normalized spacial score (nSPS) is 12.2. The summed E-state index contributed by atoms with van der Waals surface area (Å²) in [4.78, 5) is 11.7. The van der Waals surface area contributed by atoms with Gasteiger partial charge in [-0.25, -0.2) is 4.39 Å². The minimum atomic E-state index is -1.29. The topological polar surface area (TPSA) is 52.6 Å². The van der Waals surface area contributed by atoms with Gasteiger partial charge in [0.05, 0.1) is 19.5 Å². The van der Waals surface area contributed by atoms with Crippen molar-refractivity contribution < 1.29 is 22.9 Å². The molecule has 0 saturated carbocycles. The van der Waals surface area contributed by atoms with E-state index in [1.165, 1.54) is 26.4 Å². The molecule has 1 aromatic rings. The number of hydrogen-bond acceptors (Lipinski definition) is 4. The number of benzene rings is 1. The highest BCUT2D eigenvalue weighted by Gasteiger charge is 2.13. The second kappa shape index (κ2) is 7.23. The number of ether oxygens (including phenoxy) is 2. The lowest BCUT2D eigenvalue weighted by Crippen LogP contribution is -2.15. The number of methoxy groups -OCH3 is 2. The Labute approximate surface area is 108 Å². The minimum Gasteiger partial charge on any atom is -0.494 e. The third kappa shape index (κ3) is 4.19. The summed E-state index contributed by atoms with van der Waals surface area (Å²) in [5.41, 5.74) is 0.194. The molecular formula is C12H15FO4S. The molecule has 1 rings (SSSR count). The van der Waals surface area contributed by atoms with Gasteiger partial charge in [0.15, 0.2) is 17.3 Å². The van der Waals surface area contributed by atoms with E-state index < -0.39 is 16.6 Å². The molecule has 0 fully saturated rings. The van der Waals surface area contributed by atoms with Crippen molar-refractivity contribution in [3.05, 3.63) is 29.6 Å². The Kier molecular flexibility index (Phi) is 5.94. The van der Waals surface area contributed by atoms with Gasteiger partial charge < -0.3 is 9.47 Å². The van der Waals surface area contributed by atoms with Crippen molar-refractivity contribution in [1.82, 2.24) is 0 Å². The van der Waals surface area contributed by atoms with Crippen LogP contribution in [0.25, 0.3) is 0 Å². The Morgan fingerprint density at radius 3 is 2.67 bits per heavy atom. The molecule has 1 atom stereocenters. The predicted octanol–water partition coefficient (Wildman–Crippen LogP) is 1.41. The molecule has 0 amide bonds. The third-order valence-electron chi connectivity index (χ3n) is 2.28. The van der Waals surface area contributed by atoms with E-state index in [0.717, 1.165) is 6.07 Å². The van der Waals surface area contributed by atoms with Crippen LogP contribution < -0.4 is 4.74 Å². The highest BCUT2D eigenvalue weighted by molar-refractivity contribution is 7.85. The number of rotatable bonds is 7. The zero-order chi connectivity index (χ0) is 13.5. The molecule has 100 valence electrons. The van der Waals surface area contributed by atoms with Gasteiger partial charge in [0.1, 0.15) is 0 Å². The second-order valence-electron chi connectivity index (χ2n) is 3.55. The van der Waals surface area contributed by atoms with Crippen molar-refractivity contribution in [2.24, 2.45) is 0 Å². The van der Waals surface area contributed by atoms with Crippen LogP contribution in [0.3, 0.4) is 0 Å². The summed E-state index contributed by atoms with van der Waals surface area (Å²) >= 11 is 0. The van der Waals surface area contributed by atoms with E-state index >= 15 is 0 Å². The molecule has 1 aromatic carbocycles. The molecule has 1 unspecified atom stereocenters.